The minimum absolute atomic E-state index is 0.350. The Morgan fingerprint density at radius 3 is 2.10 bits per heavy atom. The molecule has 0 rings (SSSR count). The highest BCUT2D eigenvalue weighted by molar-refractivity contribution is 4.89. The van der Waals surface area contributed by atoms with Crippen LogP contribution in [0.1, 0.15) is 90.9 Å². The van der Waals surface area contributed by atoms with E-state index in [0.29, 0.717) is 6.42 Å². The van der Waals surface area contributed by atoms with E-state index in [1.807, 2.05) is 6.08 Å². The number of unbranched alkanes of at least 4 members (excludes halogenated alkanes) is 8. The van der Waals surface area contributed by atoms with E-state index in [9.17, 15) is 10.2 Å². The minimum atomic E-state index is -0.480. The molecule has 0 fully saturated rings. The molecule has 0 aliphatic carbocycles. The summed E-state index contributed by atoms with van der Waals surface area (Å²) in [5.74, 6) is 0. The third-order valence-corrected chi connectivity index (χ3v) is 3.74. The smallest absolute Gasteiger partial charge is 0.0745 e. The van der Waals surface area contributed by atoms with Gasteiger partial charge in [-0.05, 0) is 19.3 Å². The molecule has 2 heteroatoms. The molecule has 0 bridgehead atoms. The summed E-state index contributed by atoms with van der Waals surface area (Å²) in [7, 11) is 0. The van der Waals surface area contributed by atoms with Crippen molar-refractivity contribution in [3.05, 3.63) is 12.2 Å². The van der Waals surface area contributed by atoms with Crippen LogP contribution in [0.3, 0.4) is 0 Å². The van der Waals surface area contributed by atoms with Crippen molar-refractivity contribution in [2.75, 3.05) is 0 Å². The zero-order chi connectivity index (χ0) is 15.1. The summed E-state index contributed by atoms with van der Waals surface area (Å²) in [6.07, 6.45) is 16.6. The number of hydrogen-bond acceptors (Lipinski definition) is 2. The van der Waals surface area contributed by atoms with Gasteiger partial charge in [0, 0.05) is 6.42 Å². The fourth-order valence-corrected chi connectivity index (χ4v) is 2.40. The molecule has 0 saturated carbocycles. The number of aliphatic hydroxyl groups is 2. The molecule has 0 radical (unpaired) electrons. The number of rotatable bonds is 14. The number of hydrogen-bond donors (Lipinski definition) is 2. The summed E-state index contributed by atoms with van der Waals surface area (Å²) in [4.78, 5) is 0. The summed E-state index contributed by atoms with van der Waals surface area (Å²) >= 11 is 0. The van der Waals surface area contributed by atoms with Crippen LogP contribution in [-0.2, 0) is 0 Å². The van der Waals surface area contributed by atoms with Crippen LogP contribution in [-0.4, -0.2) is 22.4 Å². The van der Waals surface area contributed by atoms with Gasteiger partial charge in [0.2, 0.25) is 0 Å². The zero-order valence-electron chi connectivity index (χ0n) is 13.7. The summed E-state index contributed by atoms with van der Waals surface area (Å²) in [5.41, 5.74) is 0. The van der Waals surface area contributed by atoms with E-state index >= 15 is 0 Å². The lowest BCUT2D eigenvalue weighted by Gasteiger charge is -2.13. The molecule has 0 aromatic rings. The van der Waals surface area contributed by atoms with Crippen molar-refractivity contribution >= 4 is 0 Å². The third kappa shape index (κ3) is 14.1. The van der Waals surface area contributed by atoms with Crippen molar-refractivity contribution in [1.29, 1.82) is 0 Å². The average molecular weight is 284 g/mol. The second-order valence-electron chi connectivity index (χ2n) is 5.94. The van der Waals surface area contributed by atoms with E-state index in [-0.39, 0.29) is 6.10 Å². The van der Waals surface area contributed by atoms with Gasteiger partial charge in [-0.15, -0.1) is 0 Å². The molecule has 0 spiro atoms. The molecular formula is C18H36O2. The molecule has 0 aromatic heterocycles. The minimum Gasteiger partial charge on any atom is -0.393 e. The third-order valence-electron chi connectivity index (χ3n) is 3.74. The van der Waals surface area contributed by atoms with Crippen molar-refractivity contribution in [2.24, 2.45) is 0 Å². The van der Waals surface area contributed by atoms with Crippen LogP contribution in [0.2, 0.25) is 0 Å². The van der Waals surface area contributed by atoms with Gasteiger partial charge in [-0.25, -0.2) is 0 Å². The van der Waals surface area contributed by atoms with Gasteiger partial charge < -0.3 is 10.2 Å². The van der Waals surface area contributed by atoms with E-state index in [1.165, 1.54) is 51.4 Å². The van der Waals surface area contributed by atoms with E-state index < -0.39 is 6.10 Å². The number of aliphatic hydroxyl groups excluding tert-OH is 2. The Balaban J connectivity index is 3.46. The standard InChI is InChI=1S/C18H36O2/c1-3-5-7-9-11-13-15-18(20)16-17(19)14-12-10-8-6-4-2/h12,14,17-20H,3-11,13,15-16H2,1-2H3. The molecule has 0 aromatic carbocycles. The summed E-state index contributed by atoms with van der Waals surface area (Å²) < 4.78 is 0. The van der Waals surface area contributed by atoms with Crippen LogP contribution in [0.15, 0.2) is 12.2 Å². The molecule has 0 amide bonds. The zero-order valence-corrected chi connectivity index (χ0v) is 13.7. The molecule has 2 unspecified atom stereocenters. The van der Waals surface area contributed by atoms with Gasteiger partial charge in [-0.1, -0.05) is 77.4 Å². The summed E-state index contributed by atoms with van der Waals surface area (Å²) in [5, 5.41) is 19.7. The fraction of sp³-hybridized carbons (Fsp3) is 0.889. The average Bonchev–Trinajstić information content (AvgIpc) is 2.42. The Bertz CT molecular complexity index is 213. The van der Waals surface area contributed by atoms with Crippen LogP contribution < -0.4 is 0 Å². The lowest BCUT2D eigenvalue weighted by molar-refractivity contribution is 0.0955. The van der Waals surface area contributed by atoms with Gasteiger partial charge in [0.05, 0.1) is 12.2 Å². The van der Waals surface area contributed by atoms with Crippen molar-refractivity contribution in [1.82, 2.24) is 0 Å². The fourth-order valence-electron chi connectivity index (χ4n) is 2.40. The highest BCUT2D eigenvalue weighted by Gasteiger charge is 2.08. The van der Waals surface area contributed by atoms with Crippen LogP contribution in [0, 0.1) is 0 Å². The Morgan fingerprint density at radius 1 is 0.800 bits per heavy atom. The summed E-state index contributed by atoms with van der Waals surface area (Å²) in [6.45, 7) is 4.41. The predicted octanol–water partition coefficient (Wildman–Crippen LogP) is 4.99. The lowest BCUT2D eigenvalue weighted by atomic mass is 10.0. The molecule has 2 atom stereocenters. The SMILES string of the molecule is CCCCCC=CC(O)CC(O)CCCCCCCC. The van der Waals surface area contributed by atoms with Crippen LogP contribution in [0.5, 0.6) is 0 Å². The van der Waals surface area contributed by atoms with Gasteiger partial charge >= 0.3 is 0 Å². The van der Waals surface area contributed by atoms with Gasteiger partial charge in [0.15, 0.2) is 0 Å². The first-order valence-corrected chi connectivity index (χ1v) is 8.73. The predicted molar refractivity (Wildman–Crippen MR) is 87.9 cm³/mol. The maximum absolute atomic E-state index is 9.87. The van der Waals surface area contributed by atoms with Crippen LogP contribution >= 0.6 is 0 Å². The first kappa shape index (κ1) is 19.7. The molecule has 0 aliphatic rings. The first-order chi connectivity index (χ1) is 9.70. The van der Waals surface area contributed by atoms with Crippen molar-refractivity contribution in [3.63, 3.8) is 0 Å². The van der Waals surface area contributed by atoms with Crippen LogP contribution in [0.4, 0.5) is 0 Å². The second-order valence-corrected chi connectivity index (χ2v) is 5.94. The largest absolute Gasteiger partial charge is 0.393 e. The topological polar surface area (TPSA) is 40.5 Å². The number of allylic oxidation sites excluding steroid dienone is 1. The second kappa shape index (κ2) is 15.1. The molecule has 0 aliphatic heterocycles. The van der Waals surface area contributed by atoms with E-state index in [1.54, 1.807) is 0 Å². The molecule has 0 heterocycles. The normalized spacial score (nSPS) is 14.8. The molecule has 2 nitrogen and oxygen atoms in total. The van der Waals surface area contributed by atoms with Crippen molar-refractivity contribution in [3.8, 4) is 0 Å². The Labute approximate surface area is 126 Å². The molecule has 0 saturated heterocycles. The Morgan fingerprint density at radius 2 is 1.40 bits per heavy atom. The Hall–Kier alpha value is -0.340. The van der Waals surface area contributed by atoms with E-state index in [2.05, 4.69) is 19.9 Å². The van der Waals surface area contributed by atoms with E-state index in [0.717, 1.165) is 19.3 Å². The van der Waals surface area contributed by atoms with Crippen molar-refractivity contribution in [2.45, 2.75) is 103 Å². The lowest BCUT2D eigenvalue weighted by Crippen LogP contribution is -2.15. The quantitative estimate of drug-likeness (QED) is 0.348. The molecule has 20 heavy (non-hydrogen) atoms. The van der Waals surface area contributed by atoms with Gasteiger partial charge in [0.25, 0.3) is 0 Å². The molecular weight excluding hydrogens is 248 g/mol. The summed E-state index contributed by atoms with van der Waals surface area (Å²) in [6, 6.07) is 0. The monoisotopic (exact) mass is 284 g/mol. The molecule has 2 N–H and O–H groups in total. The first-order valence-electron chi connectivity index (χ1n) is 8.73. The van der Waals surface area contributed by atoms with Gasteiger partial charge in [-0.2, -0.15) is 0 Å². The van der Waals surface area contributed by atoms with Gasteiger partial charge in [-0.3, -0.25) is 0 Å². The Kier molecular flexibility index (Phi) is 14.8. The van der Waals surface area contributed by atoms with Crippen molar-refractivity contribution < 1.29 is 10.2 Å². The highest BCUT2D eigenvalue weighted by atomic mass is 16.3. The molecule has 120 valence electrons. The van der Waals surface area contributed by atoms with Crippen LogP contribution in [0.25, 0.3) is 0 Å². The maximum atomic E-state index is 9.87. The highest BCUT2D eigenvalue weighted by Crippen LogP contribution is 2.12. The van der Waals surface area contributed by atoms with Gasteiger partial charge in [0.1, 0.15) is 0 Å². The van der Waals surface area contributed by atoms with E-state index in [4.69, 9.17) is 0 Å². The maximum Gasteiger partial charge on any atom is 0.0745 e.